The van der Waals surface area contributed by atoms with E-state index in [9.17, 15) is 9.59 Å². The number of imidazole rings is 1. The van der Waals surface area contributed by atoms with E-state index < -0.39 is 12.0 Å². The highest BCUT2D eigenvalue weighted by atomic mass is 16.4. The Labute approximate surface area is 122 Å². The van der Waals surface area contributed by atoms with Crippen LogP contribution >= 0.6 is 0 Å². The summed E-state index contributed by atoms with van der Waals surface area (Å²) in [5, 5.41) is 11.7. The molecular weight excluding hydrogens is 270 g/mol. The number of benzene rings is 1. The highest BCUT2D eigenvalue weighted by Gasteiger charge is 2.20. The molecule has 1 amide bonds. The molecule has 6 heteroatoms. The molecule has 2 aromatic rings. The predicted octanol–water partition coefficient (Wildman–Crippen LogP) is 1.15. The minimum Gasteiger partial charge on any atom is -0.480 e. The van der Waals surface area contributed by atoms with Crippen molar-refractivity contribution in [2.45, 2.75) is 25.3 Å². The molecular formula is C15H17N3O3. The topological polar surface area (TPSA) is 95.1 Å². The summed E-state index contributed by atoms with van der Waals surface area (Å²) in [7, 11) is 0. The molecule has 0 saturated heterocycles. The van der Waals surface area contributed by atoms with Gasteiger partial charge in [-0.2, -0.15) is 0 Å². The molecule has 1 aromatic heterocycles. The molecule has 21 heavy (non-hydrogen) atoms. The predicted molar refractivity (Wildman–Crippen MR) is 76.6 cm³/mol. The third-order valence-electron chi connectivity index (χ3n) is 3.08. The lowest BCUT2D eigenvalue weighted by molar-refractivity contribution is -0.141. The summed E-state index contributed by atoms with van der Waals surface area (Å²) in [5.74, 6) is -1.34. The van der Waals surface area contributed by atoms with Crippen LogP contribution in [0.25, 0.3) is 0 Å². The number of hydrogen-bond acceptors (Lipinski definition) is 3. The van der Waals surface area contributed by atoms with Crippen LogP contribution in [0.4, 0.5) is 0 Å². The van der Waals surface area contributed by atoms with Crippen LogP contribution in [0.15, 0.2) is 42.9 Å². The summed E-state index contributed by atoms with van der Waals surface area (Å²) in [4.78, 5) is 29.8. The zero-order valence-corrected chi connectivity index (χ0v) is 11.5. The molecule has 0 bridgehead atoms. The molecule has 1 atom stereocenters. The number of aromatic nitrogens is 2. The highest BCUT2D eigenvalue weighted by Crippen LogP contribution is 2.04. The number of carbonyl (C=O) groups excluding carboxylic acids is 1. The lowest BCUT2D eigenvalue weighted by Crippen LogP contribution is -2.42. The van der Waals surface area contributed by atoms with E-state index in [1.54, 1.807) is 6.20 Å². The normalized spacial score (nSPS) is 11.8. The fourth-order valence-corrected chi connectivity index (χ4v) is 1.98. The first-order valence-corrected chi connectivity index (χ1v) is 6.69. The molecule has 3 N–H and O–H groups in total. The Hall–Kier alpha value is -2.63. The second-order valence-corrected chi connectivity index (χ2v) is 4.71. The number of carboxylic acids is 1. The first-order chi connectivity index (χ1) is 10.1. The molecule has 0 unspecified atom stereocenters. The lowest BCUT2D eigenvalue weighted by Gasteiger charge is -2.13. The number of aliphatic carboxylic acids is 1. The van der Waals surface area contributed by atoms with E-state index in [-0.39, 0.29) is 18.7 Å². The Balaban J connectivity index is 1.85. The largest absolute Gasteiger partial charge is 0.480 e. The van der Waals surface area contributed by atoms with E-state index in [4.69, 9.17) is 5.11 Å². The first kappa shape index (κ1) is 14.8. The van der Waals surface area contributed by atoms with Crippen LogP contribution in [0.1, 0.15) is 17.7 Å². The molecule has 0 aliphatic carbocycles. The molecule has 6 nitrogen and oxygen atoms in total. The Morgan fingerprint density at radius 1 is 1.29 bits per heavy atom. The Kier molecular flexibility index (Phi) is 5.09. The smallest absolute Gasteiger partial charge is 0.326 e. The highest BCUT2D eigenvalue weighted by molar-refractivity contribution is 5.83. The second-order valence-electron chi connectivity index (χ2n) is 4.71. The zero-order valence-electron chi connectivity index (χ0n) is 11.5. The van der Waals surface area contributed by atoms with Crippen molar-refractivity contribution in [2.24, 2.45) is 0 Å². The third-order valence-corrected chi connectivity index (χ3v) is 3.08. The minimum atomic E-state index is -1.06. The maximum absolute atomic E-state index is 11.9. The van der Waals surface area contributed by atoms with Gasteiger partial charge in [0.05, 0.1) is 12.0 Å². The lowest BCUT2D eigenvalue weighted by atomic mass is 10.1. The van der Waals surface area contributed by atoms with Crippen molar-refractivity contribution in [1.82, 2.24) is 15.3 Å². The third kappa shape index (κ3) is 4.76. The summed E-state index contributed by atoms with van der Waals surface area (Å²) in [6.45, 7) is 0. The molecule has 2 rings (SSSR count). The van der Waals surface area contributed by atoms with Gasteiger partial charge in [0.1, 0.15) is 6.04 Å². The standard InChI is InChI=1S/C15H17N3O3/c19-14(7-6-11-4-2-1-3-5-11)18-13(15(20)21)8-12-9-16-10-17-12/h1-5,9-10,13H,6-8H2,(H,16,17)(H,18,19)(H,20,21)/t13-/m0/s1. The van der Waals surface area contributed by atoms with Gasteiger partial charge >= 0.3 is 5.97 Å². The van der Waals surface area contributed by atoms with Gasteiger partial charge in [0.2, 0.25) is 5.91 Å². The first-order valence-electron chi connectivity index (χ1n) is 6.69. The van der Waals surface area contributed by atoms with Gasteiger partial charge in [-0.25, -0.2) is 9.78 Å². The van der Waals surface area contributed by atoms with Crippen molar-refractivity contribution in [3.05, 3.63) is 54.1 Å². The van der Waals surface area contributed by atoms with Crippen LogP contribution in [0.3, 0.4) is 0 Å². The van der Waals surface area contributed by atoms with E-state index in [1.807, 2.05) is 30.3 Å². The molecule has 1 aromatic carbocycles. The van der Waals surface area contributed by atoms with E-state index in [2.05, 4.69) is 15.3 Å². The minimum absolute atomic E-state index is 0.163. The summed E-state index contributed by atoms with van der Waals surface area (Å²) in [6.07, 6.45) is 4.10. The Bertz CT molecular complexity index is 581. The van der Waals surface area contributed by atoms with Crippen LogP contribution in [0.5, 0.6) is 0 Å². The van der Waals surface area contributed by atoms with Crippen molar-refractivity contribution < 1.29 is 14.7 Å². The number of aromatic amines is 1. The Morgan fingerprint density at radius 3 is 2.67 bits per heavy atom. The van der Waals surface area contributed by atoms with Gasteiger partial charge in [0.25, 0.3) is 0 Å². The maximum Gasteiger partial charge on any atom is 0.326 e. The fourth-order valence-electron chi connectivity index (χ4n) is 1.98. The molecule has 0 radical (unpaired) electrons. The monoisotopic (exact) mass is 287 g/mol. The van der Waals surface area contributed by atoms with Crippen molar-refractivity contribution in [3.63, 3.8) is 0 Å². The zero-order chi connectivity index (χ0) is 15.1. The Morgan fingerprint density at radius 2 is 2.05 bits per heavy atom. The van der Waals surface area contributed by atoms with Gasteiger partial charge in [-0.3, -0.25) is 4.79 Å². The number of nitrogens with one attached hydrogen (secondary N) is 2. The van der Waals surface area contributed by atoms with Crippen molar-refractivity contribution in [3.8, 4) is 0 Å². The molecule has 0 fully saturated rings. The van der Waals surface area contributed by atoms with Gasteiger partial charge in [0.15, 0.2) is 0 Å². The van der Waals surface area contributed by atoms with E-state index in [0.29, 0.717) is 12.1 Å². The van der Waals surface area contributed by atoms with Crippen LogP contribution < -0.4 is 5.32 Å². The van der Waals surface area contributed by atoms with Gasteiger partial charge in [-0.15, -0.1) is 0 Å². The van der Waals surface area contributed by atoms with Crippen LogP contribution in [-0.4, -0.2) is 33.0 Å². The molecule has 110 valence electrons. The summed E-state index contributed by atoms with van der Waals surface area (Å²) < 4.78 is 0. The van der Waals surface area contributed by atoms with Gasteiger partial charge in [-0.05, 0) is 12.0 Å². The number of H-pyrrole nitrogens is 1. The molecule has 0 saturated carbocycles. The van der Waals surface area contributed by atoms with Crippen LogP contribution in [0.2, 0.25) is 0 Å². The van der Waals surface area contributed by atoms with E-state index in [1.165, 1.54) is 6.33 Å². The number of carboxylic acid groups (broad SMARTS) is 1. The van der Waals surface area contributed by atoms with Crippen molar-refractivity contribution in [1.29, 1.82) is 0 Å². The summed E-state index contributed by atoms with van der Waals surface area (Å²) in [6, 6.07) is 8.64. The average Bonchev–Trinajstić information content (AvgIpc) is 2.98. The van der Waals surface area contributed by atoms with Gasteiger partial charge < -0.3 is 15.4 Å². The van der Waals surface area contributed by atoms with Gasteiger partial charge in [-0.1, -0.05) is 30.3 Å². The molecule has 0 spiro atoms. The molecule has 0 aliphatic rings. The average molecular weight is 287 g/mol. The summed E-state index contributed by atoms with van der Waals surface area (Å²) >= 11 is 0. The van der Waals surface area contributed by atoms with E-state index >= 15 is 0 Å². The van der Waals surface area contributed by atoms with Gasteiger partial charge in [0, 0.05) is 19.0 Å². The SMILES string of the molecule is O=C(CCc1ccccc1)N[C@@H](Cc1c[nH]cn1)C(=O)O. The summed E-state index contributed by atoms with van der Waals surface area (Å²) in [5.41, 5.74) is 1.65. The van der Waals surface area contributed by atoms with Crippen molar-refractivity contribution in [2.75, 3.05) is 0 Å². The second kappa shape index (κ2) is 7.23. The number of aryl methyl sites for hydroxylation is 1. The van der Waals surface area contributed by atoms with E-state index in [0.717, 1.165) is 5.56 Å². The number of amides is 1. The van der Waals surface area contributed by atoms with Crippen LogP contribution in [0, 0.1) is 0 Å². The fraction of sp³-hybridized carbons (Fsp3) is 0.267. The molecule has 1 heterocycles. The number of nitrogens with zero attached hydrogens (tertiary/aromatic N) is 1. The number of rotatable bonds is 7. The van der Waals surface area contributed by atoms with Crippen LogP contribution in [-0.2, 0) is 22.4 Å². The number of carbonyl (C=O) groups is 2. The van der Waals surface area contributed by atoms with Crippen molar-refractivity contribution >= 4 is 11.9 Å². The quantitative estimate of drug-likeness (QED) is 0.712. The number of hydrogen-bond donors (Lipinski definition) is 3. The molecule has 0 aliphatic heterocycles. The maximum atomic E-state index is 11.9.